The van der Waals surface area contributed by atoms with Crippen molar-refractivity contribution in [3.05, 3.63) is 96.2 Å². The van der Waals surface area contributed by atoms with E-state index in [4.69, 9.17) is 4.42 Å². The summed E-state index contributed by atoms with van der Waals surface area (Å²) in [5, 5.41) is 12.1. The van der Waals surface area contributed by atoms with Crippen molar-refractivity contribution < 1.29 is 34.4 Å². The van der Waals surface area contributed by atoms with Gasteiger partial charge in [0.1, 0.15) is 11.3 Å². The van der Waals surface area contributed by atoms with Crippen molar-refractivity contribution >= 4 is 27.7 Å². The topological polar surface area (TPSA) is 76.2 Å². The number of rotatable bonds is 11. The second-order valence-electron chi connectivity index (χ2n) is 14.2. The van der Waals surface area contributed by atoms with Crippen LogP contribution in [0.1, 0.15) is 99.3 Å². The molecular weight excluding hydrogens is 785 g/mol. The molecule has 5 aromatic rings. The van der Waals surface area contributed by atoms with Crippen molar-refractivity contribution in [3.8, 4) is 22.4 Å². The molecule has 0 saturated carbocycles. The van der Waals surface area contributed by atoms with Crippen LogP contribution in [0.5, 0.6) is 0 Å². The van der Waals surface area contributed by atoms with E-state index < -0.39 is 0 Å². The number of furan rings is 1. The number of allylic oxidation sites excluding steroid dienone is 2. The number of ketones is 1. The van der Waals surface area contributed by atoms with Crippen LogP contribution >= 0.6 is 0 Å². The fourth-order valence-electron chi connectivity index (χ4n) is 6.15. The van der Waals surface area contributed by atoms with Crippen molar-refractivity contribution in [2.45, 2.75) is 99.8 Å². The van der Waals surface area contributed by atoms with Gasteiger partial charge in [0.2, 0.25) is 0 Å². The van der Waals surface area contributed by atoms with Gasteiger partial charge in [-0.15, -0.1) is 29.1 Å². The second kappa shape index (κ2) is 17.9. The molecule has 0 atom stereocenters. The third-order valence-electron chi connectivity index (χ3n) is 9.06. The third kappa shape index (κ3) is 10.2. The predicted octanol–water partition coefficient (Wildman–Crippen LogP) is 11.9. The minimum Gasteiger partial charge on any atom is -0.512 e. The van der Waals surface area contributed by atoms with Gasteiger partial charge in [0, 0.05) is 74.2 Å². The van der Waals surface area contributed by atoms with Crippen LogP contribution in [0.4, 0.5) is 0 Å². The Bertz CT molecular complexity index is 1860. The monoisotopic (exact) mass is 838 g/mol. The van der Waals surface area contributed by atoms with Gasteiger partial charge in [-0.05, 0) is 54.7 Å². The van der Waals surface area contributed by atoms with Crippen LogP contribution in [-0.4, -0.2) is 20.9 Å². The number of benzene rings is 2. The molecule has 1 N–H and O–H groups in total. The SMILES string of the molecule is CC(C)Cc1cc2ncc(-c3ccnc(-c4[c-]c5ccccc5c(C(C)(C)C)c4)c3)cc2o1.CCC(CC)C(=O)/C=C(\O)C(CC)CC.[Ir]. The fourth-order valence-corrected chi connectivity index (χ4v) is 6.15. The number of carbonyl (C=O) groups is 1. The Balaban J connectivity index is 0.000000347. The normalized spacial score (nSPS) is 12.0. The van der Waals surface area contributed by atoms with Gasteiger partial charge in [-0.3, -0.25) is 14.8 Å². The smallest absolute Gasteiger partial charge is 0.162 e. The number of aliphatic hydroxyl groups excluding tert-OH is 1. The molecule has 0 unspecified atom stereocenters. The average molecular weight is 838 g/mol. The van der Waals surface area contributed by atoms with Crippen LogP contribution in [-0.2, 0) is 36.7 Å². The molecule has 0 amide bonds. The quantitative estimate of drug-likeness (QED) is 0.0815. The number of hydrogen-bond acceptors (Lipinski definition) is 5. The molecule has 0 aliphatic heterocycles. The van der Waals surface area contributed by atoms with Crippen molar-refractivity contribution in [2.75, 3.05) is 0 Å². The zero-order valence-corrected chi connectivity index (χ0v) is 33.1. The Morgan fingerprint density at radius 2 is 1.57 bits per heavy atom. The van der Waals surface area contributed by atoms with Crippen molar-refractivity contribution in [1.82, 2.24) is 9.97 Å². The second-order valence-corrected chi connectivity index (χ2v) is 14.2. The molecule has 3 aromatic heterocycles. The summed E-state index contributed by atoms with van der Waals surface area (Å²) < 4.78 is 6.07. The Kier molecular flexibility index (Phi) is 14.5. The minimum absolute atomic E-state index is 0. The number of aliphatic hydroxyl groups is 1. The van der Waals surface area contributed by atoms with Crippen molar-refractivity contribution in [1.29, 1.82) is 0 Å². The third-order valence-corrected chi connectivity index (χ3v) is 9.06. The molecule has 49 heavy (non-hydrogen) atoms. The Morgan fingerprint density at radius 3 is 2.20 bits per heavy atom. The molecule has 0 fully saturated rings. The standard InChI is InChI=1S/C30H29N2O.C13H24O2.Ir/c1-19(2)12-24-17-28-29(33-24)16-23(18-32-28)20-10-11-31-27(15-20)22-13-21-8-6-7-9-25(21)26(14-22)30(3,4)5;1-5-10(6-2)12(14)9-13(15)11(7-3)8-4;/h6-11,14-19H,12H2,1-5H3;9-11,14H,5-8H2,1-4H3;/q-1;;/b;12-9-;. The largest absolute Gasteiger partial charge is 0.512 e. The van der Waals surface area contributed by atoms with Crippen LogP contribution in [0.3, 0.4) is 0 Å². The van der Waals surface area contributed by atoms with Crippen LogP contribution in [0.25, 0.3) is 44.3 Å². The molecular formula is C43H53IrN2O3-. The summed E-state index contributed by atoms with van der Waals surface area (Å²) >= 11 is 0. The molecule has 5 nitrogen and oxygen atoms in total. The Labute approximate surface area is 307 Å². The summed E-state index contributed by atoms with van der Waals surface area (Å²) in [7, 11) is 0. The van der Waals surface area contributed by atoms with Gasteiger partial charge in [0.15, 0.2) is 11.4 Å². The first-order chi connectivity index (χ1) is 22.9. The van der Waals surface area contributed by atoms with Gasteiger partial charge in [0.25, 0.3) is 0 Å². The molecule has 5 rings (SSSR count). The van der Waals surface area contributed by atoms with E-state index >= 15 is 0 Å². The average Bonchev–Trinajstić information content (AvgIpc) is 3.46. The minimum atomic E-state index is 0. The predicted molar refractivity (Wildman–Crippen MR) is 200 cm³/mol. The van der Waals surface area contributed by atoms with Crippen LogP contribution in [0.2, 0.25) is 0 Å². The molecule has 0 bridgehead atoms. The van der Waals surface area contributed by atoms with E-state index in [9.17, 15) is 9.90 Å². The summed E-state index contributed by atoms with van der Waals surface area (Å²) in [6, 6.07) is 22.6. The number of aromatic nitrogens is 2. The molecule has 0 spiro atoms. The van der Waals surface area contributed by atoms with Crippen LogP contribution in [0.15, 0.2) is 83.2 Å². The maximum Gasteiger partial charge on any atom is 0.162 e. The Hall–Kier alpha value is -3.60. The van der Waals surface area contributed by atoms with Gasteiger partial charge in [-0.1, -0.05) is 97.5 Å². The molecule has 0 aliphatic carbocycles. The summed E-state index contributed by atoms with van der Waals surface area (Å²) in [6.45, 7) is 19.2. The number of carbonyl (C=O) groups excluding carboxylic acids is 1. The molecule has 263 valence electrons. The molecule has 2 aromatic carbocycles. The van der Waals surface area contributed by atoms with Gasteiger partial charge >= 0.3 is 0 Å². The van der Waals surface area contributed by atoms with Gasteiger partial charge < -0.3 is 9.52 Å². The summed E-state index contributed by atoms with van der Waals surface area (Å²) in [6.07, 6.45) is 9.60. The molecule has 0 saturated heterocycles. The number of nitrogens with zero attached hydrogens (tertiary/aromatic N) is 2. The molecule has 6 heteroatoms. The van der Waals surface area contributed by atoms with Gasteiger partial charge in [-0.25, -0.2) is 0 Å². The first-order valence-electron chi connectivity index (χ1n) is 17.6. The fraction of sp³-hybridized carbons (Fsp3) is 0.419. The first-order valence-corrected chi connectivity index (χ1v) is 17.6. The Morgan fingerprint density at radius 1 is 0.898 bits per heavy atom. The zero-order valence-electron chi connectivity index (χ0n) is 30.7. The van der Waals surface area contributed by atoms with E-state index in [1.807, 2.05) is 46.2 Å². The molecule has 0 aliphatic rings. The van der Waals surface area contributed by atoms with Gasteiger partial charge in [0.05, 0.1) is 5.76 Å². The number of hydrogen-bond donors (Lipinski definition) is 1. The van der Waals surface area contributed by atoms with E-state index in [1.165, 1.54) is 17.0 Å². The number of fused-ring (bicyclic) bond motifs is 2. The maximum absolute atomic E-state index is 11.7. The van der Waals surface area contributed by atoms with E-state index in [-0.39, 0.29) is 48.9 Å². The summed E-state index contributed by atoms with van der Waals surface area (Å²) in [4.78, 5) is 21.1. The van der Waals surface area contributed by atoms with Crippen LogP contribution in [0, 0.1) is 23.8 Å². The van der Waals surface area contributed by atoms with Gasteiger partial charge in [-0.2, -0.15) is 0 Å². The van der Waals surface area contributed by atoms with E-state index in [2.05, 4.69) is 99.2 Å². The maximum atomic E-state index is 11.7. The van der Waals surface area contributed by atoms with Crippen molar-refractivity contribution in [3.63, 3.8) is 0 Å². The van der Waals surface area contributed by atoms with Crippen molar-refractivity contribution in [2.24, 2.45) is 17.8 Å². The zero-order chi connectivity index (χ0) is 35.0. The first kappa shape index (κ1) is 39.8. The molecule has 1 radical (unpaired) electrons. The van der Waals surface area contributed by atoms with E-state index in [1.54, 1.807) is 0 Å². The van der Waals surface area contributed by atoms with E-state index in [0.717, 1.165) is 76.7 Å². The van der Waals surface area contributed by atoms with E-state index in [0.29, 0.717) is 5.92 Å². The summed E-state index contributed by atoms with van der Waals surface area (Å²) in [5.41, 5.74) is 7.05. The van der Waals surface area contributed by atoms with Crippen LogP contribution < -0.4 is 0 Å². The summed E-state index contributed by atoms with van der Waals surface area (Å²) in [5.74, 6) is 2.08. The molecule has 3 heterocycles. The number of pyridine rings is 2.